The highest BCUT2D eigenvalue weighted by atomic mass is 16.5. The van der Waals surface area contributed by atoms with Gasteiger partial charge in [-0.3, -0.25) is 9.59 Å². The minimum absolute atomic E-state index is 0.100. The van der Waals surface area contributed by atoms with Gasteiger partial charge < -0.3 is 15.4 Å². The Morgan fingerprint density at radius 1 is 1.10 bits per heavy atom. The van der Waals surface area contributed by atoms with Crippen LogP contribution in [0.25, 0.3) is 0 Å². The summed E-state index contributed by atoms with van der Waals surface area (Å²) in [6.45, 7) is 1.13. The topological polar surface area (TPSA) is 103 Å². The summed E-state index contributed by atoms with van der Waals surface area (Å²) in [4.78, 5) is 25.4. The molecule has 4 rings (SSSR count). The second kappa shape index (κ2) is 8.14. The zero-order chi connectivity index (χ0) is 20.2. The van der Waals surface area contributed by atoms with Crippen LogP contribution in [0.5, 0.6) is 11.5 Å². The molecule has 1 unspecified atom stereocenters. The molecule has 1 atom stereocenters. The van der Waals surface area contributed by atoms with Crippen molar-refractivity contribution in [1.29, 1.82) is 0 Å². The number of rotatable bonds is 6. The second-order valence-corrected chi connectivity index (χ2v) is 6.99. The maximum atomic E-state index is 12.7. The summed E-state index contributed by atoms with van der Waals surface area (Å²) in [7, 11) is 0. The van der Waals surface area contributed by atoms with Gasteiger partial charge in [-0.2, -0.15) is 0 Å². The third kappa shape index (κ3) is 4.43. The Balaban J connectivity index is 1.42. The maximum absolute atomic E-state index is 12.7. The minimum Gasteiger partial charge on any atom is -0.457 e. The molecule has 1 aromatic heterocycles. The van der Waals surface area contributed by atoms with Gasteiger partial charge in [0.2, 0.25) is 5.91 Å². The molecule has 0 saturated carbocycles. The fraction of sp³-hybridized carbons (Fsp3) is 0.238. The van der Waals surface area contributed by atoms with Crippen LogP contribution < -0.4 is 10.5 Å². The number of carbonyl (C=O) groups excluding carboxylic acids is 2. The summed E-state index contributed by atoms with van der Waals surface area (Å²) in [5.41, 5.74) is 6.49. The number of primary amides is 1. The number of hydrogen-bond acceptors (Lipinski definition) is 5. The lowest BCUT2D eigenvalue weighted by atomic mass is 9.98. The first-order valence-corrected chi connectivity index (χ1v) is 9.39. The van der Waals surface area contributed by atoms with Gasteiger partial charge in [0.05, 0.1) is 6.20 Å². The molecule has 2 amide bonds. The molecule has 1 fully saturated rings. The number of aromatic nitrogens is 3. The van der Waals surface area contributed by atoms with Crippen LogP contribution in [-0.2, 0) is 11.3 Å². The van der Waals surface area contributed by atoms with Crippen LogP contribution in [-0.4, -0.2) is 44.8 Å². The molecule has 0 spiro atoms. The van der Waals surface area contributed by atoms with E-state index >= 15 is 0 Å². The van der Waals surface area contributed by atoms with Gasteiger partial charge in [-0.1, -0.05) is 35.5 Å². The number of nitrogens with zero attached hydrogens (tertiary/aromatic N) is 4. The largest absolute Gasteiger partial charge is 0.457 e. The maximum Gasteiger partial charge on any atom is 0.276 e. The van der Waals surface area contributed by atoms with Crippen LogP contribution in [0.4, 0.5) is 0 Å². The second-order valence-electron chi connectivity index (χ2n) is 6.99. The lowest BCUT2D eigenvalue weighted by molar-refractivity contribution is -0.118. The predicted octanol–water partition coefficient (Wildman–Crippen LogP) is 2.19. The Labute approximate surface area is 167 Å². The standard InChI is InChI=1S/C21H21N5O3/c22-20(27)14-26-13-19(23-24-26)21(28)25-10-9-16(12-25)15-5-4-8-18(11-15)29-17-6-2-1-3-7-17/h1-8,11,13,16H,9-10,12,14H2,(H2,22,27). The first-order valence-electron chi connectivity index (χ1n) is 9.39. The molecule has 29 heavy (non-hydrogen) atoms. The first kappa shape index (κ1) is 18.7. The smallest absolute Gasteiger partial charge is 0.276 e. The Morgan fingerprint density at radius 2 is 1.90 bits per heavy atom. The molecule has 0 radical (unpaired) electrons. The van der Waals surface area contributed by atoms with Crippen molar-refractivity contribution in [3.8, 4) is 11.5 Å². The van der Waals surface area contributed by atoms with Crippen molar-refractivity contribution in [1.82, 2.24) is 19.9 Å². The number of ether oxygens (including phenoxy) is 1. The summed E-state index contributed by atoms with van der Waals surface area (Å²) in [5, 5.41) is 7.65. The minimum atomic E-state index is -0.535. The number of amides is 2. The molecule has 2 N–H and O–H groups in total. The van der Waals surface area contributed by atoms with Crippen molar-refractivity contribution in [2.75, 3.05) is 13.1 Å². The molecule has 3 aromatic rings. The quantitative estimate of drug-likeness (QED) is 0.694. The van der Waals surface area contributed by atoms with Crippen molar-refractivity contribution >= 4 is 11.8 Å². The molecule has 0 aliphatic carbocycles. The number of hydrogen-bond donors (Lipinski definition) is 1. The van der Waals surface area contributed by atoms with Crippen LogP contribution in [0.2, 0.25) is 0 Å². The van der Waals surface area contributed by atoms with E-state index in [0.29, 0.717) is 13.1 Å². The molecular formula is C21H21N5O3. The van der Waals surface area contributed by atoms with E-state index in [1.54, 1.807) is 4.90 Å². The third-order valence-electron chi connectivity index (χ3n) is 4.86. The van der Waals surface area contributed by atoms with E-state index in [0.717, 1.165) is 23.5 Å². The SMILES string of the molecule is NC(=O)Cn1cc(C(=O)N2CCC(c3cccc(Oc4ccccc4)c3)C2)nn1. The average molecular weight is 391 g/mol. The van der Waals surface area contributed by atoms with E-state index in [1.807, 2.05) is 48.5 Å². The van der Waals surface area contributed by atoms with Crippen molar-refractivity contribution in [2.45, 2.75) is 18.9 Å². The molecule has 8 heteroatoms. The highest BCUT2D eigenvalue weighted by Crippen LogP contribution is 2.31. The van der Waals surface area contributed by atoms with E-state index in [4.69, 9.17) is 10.5 Å². The number of carbonyl (C=O) groups is 2. The number of nitrogens with two attached hydrogens (primary N) is 1. The number of benzene rings is 2. The predicted molar refractivity (Wildman–Crippen MR) is 105 cm³/mol. The van der Waals surface area contributed by atoms with Gasteiger partial charge >= 0.3 is 0 Å². The first-order chi connectivity index (χ1) is 14.1. The van der Waals surface area contributed by atoms with Crippen molar-refractivity contribution in [3.05, 3.63) is 72.1 Å². The Kier molecular flexibility index (Phi) is 5.24. The van der Waals surface area contributed by atoms with Gasteiger partial charge in [0.25, 0.3) is 5.91 Å². The van der Waals surface area contributed by atoms with Crippen molar-refractivity contribution in [3.63, 3.8) is 0 Å². The molecule has 1 aliphatic rings. The lowest BCUT2D eigenvalue weighted by Gasteiger charge is -2.16. The Morgan fingerprint density at radius 3 is 2.69 bits per heavy atom. The molecule has 148 valence electrons. The number of likely N-dealkylation sites (tertiary alicyclic amines) is 1. The average Bonchev–Trinajstić information content (AvgIpc) is 3.38. The molecule has 1 aliphatic heterocycles. The van der Waals surface area contributed by atoms with Crippen molar-refractivity contribution in [2.24, 2.45) is 5.73 Å². The molecule has 0 bridgehead atoms. The monoisotopic (exact) mass is 391 g/mol. The van der Waals surface area contributed by atoms with E-state index in [9.17, 15) is 9.59 Å². The Hall–Kier alpha value is -3.68. The molecule has 2 aromatic carbocycles. The fourth-order valence-electron chi connectivity index (χ4n) is 3.47. The van der Waals surface area contributed by atoms with Crippen molar-refractivity contribution < 1.29 is 14.3 Å². The summed E-state index contributed by atoms with van der Waals surface area (Å²) in [5.74, 6) is 1.05. The van der Waals surface area contributed by atoms with E-state index in [1.165, 1.54) is 10.9 Å². The molecule has 1 saturated heterocycles. The molecule has 2 heterocycles. The van der Waals surface area contributed by atoms with E-state index < -0.39 is 5.91 Å². The van der Waals surface area contributed by atoms with Crippen LogP contribution in [0.1, 0.15) is 28.4 Å². The van der Waals surface area contributed by atoms with Gasteiger partial charge in [-0.15, -0.1) is 5.10 Å². The van der Waals surface area contributed by atoms with Gasteiger partial charge in [-0.05, 0) is 36.2 Å². The fourth-order valence-corrected chi connectivity index (χ4v) is 3.47. The number of para-hydroxylation sites is 1. The van der Waals surface area contributed by atoms with Crippen LogP contribution in [0.15, 0.2) is 60.8 Å². The van der Waals surface area contributed by atoms with Crippen LogP contribution in [0, 0.1) is 0 Å². The van der Waals surface area contributed by atoms with E-state index in [2.05, 4.69) is 16.4 Å². The zero-order valence-corrected chi connectivity index (χ0v) is 15.8. The van der Waals surface area contributed by atoms with Gasteiger partial charge in [0.1, 0.15) is 18.0 Å². The summed E-state index contributed by atoms with van der Waals surface area (Å²) >= 11 is 0. The normalized spacial score (nSPS) is 16.0. The van der Waals surface area contributed by atoms with Gasteiger partial charge in [-0.25, -0.2) is 4.68 Å². The summed E-state index contributed by atoms with van der Waals surface area (Å²) < 4.78 is 7.19. The van der Waals surface area contributed by atoms with Crippen LogP contribution in [0.3, 0.4) is 0 Å². The Bertz CT molecular complexity index is 1020. The van der Waals surface area contributed by atoms with E-state index in [-0.39, 0.29) is 24.1 Å². The third-order valence-corrected chi connectivity index (χ3v) is 4.86. The summed E-state index contributed by atoms with van der Waals surface area (Å²) in [6.07, 6.45) is 2.31. The van der Waals surface area contributed by atoms with Crippen LogP contribution >= 0.6 is 0 Å². The van der Waals surface area contributed by atoms with Gasteiger partial charge in [0.15, 0.2) is 5.69 Å². The summed E-state index contributed by atoms with van der Waals surface area (Å²) in [6, 6.07) is 17.6. The zero-order valence-electron chi connectivity index (χ0n) is 15.8. The highest BCUT2D eigenvalue weighted by Gasteiger charge is 2.29. The van der Waals surface area contributed by atoms with Gasteiger partial charge in [0, 0.05) is 19.0 Å². The highest BCUT2D eigenvalue weighted by molar-refractivity contribution is 5.92. The lowest BCUT2D eigenvalue weighted by Crippen LogP contribution is -2.28. The molecular weight excluding hydrogens is 370 g/mol. The molecule has 8 nitrogen and oxygen atoms in total.